The van der Waals surface area contributed by atoms with Crippen LogP contribution in [0, 0.1) is 0 Å². The van der Waals surface area contributed by atoms with Gasteiger partial charge in [-0.2, -0.15) is 0 Å². The average molecular weight is 280 g/mol. The van der Waals surface area contributed by atoms with E-state index in [0.29, 0.717) is 23.7 Å². The van der Waals surface area contributed by atoms with Crippen LogP contribution in [0.2, 0.25) is 5.02 Å². The number of rotatable bonds is 4. The van der Waals surface area contributed by atoms with Crippen LogP contribution in [-0.2, 0) is 11.3 Å². The van der Waals surface area contributed by atoms with Crippen molar-refractivity contribution in [1.82, 2.24) is 9.55 Å². The van der Waals surface area contributed by atoms with Gasteiger partial charge in [0.15, 0.2) is 0 Å². The van der Waals surface area contributed by atoms with Gasteiger partial charge in [0.05, 0.1) is 23.3 Å². The lowest BCUT2D eigenvalue weighted by molar-refractivity contribution is 0.0537. The molecular formula is C14H18ClN3O. The number of benzene rings is 1. The summed E-state index contributed by atoms with van der Waals surface area (Å²) in [5.74, 6) is 0.498. The summed E-state index contributed by atoms with van der Waals surface area (Å²) in [6.45, 7) is 1.39. The zero-order valence-corrected chi connectivity index (χ0v) is 11.6. The van der Waals surface area contributed by atoms with Gasteiger partial charge in [-0.25, -0.2) is 4.98 Å². The summed E-state index contributed by atoms with van der Waals surface area (Å²) in [5.41, 5.74) is 7.69. The molecule has 0 radical (unpaired) electrons. The van der Waals surface area contributed by atoms with Gasteiger partial charge in [0.25, 0.3) is 0 Å². The molecule has 1 aromatic heterocycles. The highest BCUT2D eigenvalue weighted by Crippen LogP contribution is 2.25. The van der Waals surface area contributed by atoms with Gasteiger partial charge in [-0.1, -0.05) is 30.5 Å². The predicted molar refractivity (Wildman–Crippen MR) is 77.4 cm³/mol. The first-order valence-corrected chi connectivity index (χ1v) is 7.15. The highest BCUT2D eigenvalue weighted by Gasteiger charge is 2.16. The Morgan fingerprint density at radius 2 is 2.16 bits per heavy atom. The van der Waals surface area contributed by atoms with Crippen molar-refractivity contribution in [3.8, 4) is 0 Å². The van der Waals surface area contributed by atoms with Crippen molar-refractivity contribution in [2.45, 2.75) is 38.3 Å². The van der Waals surface area contributed by atoms with Gasteiger partial charge in [0, 0.05) is 6.54 Å². The lowest BCUT2D eigenvalue weighted by Gasteiger charge is -2.12. The van der Waals surface area contributed by atoms with Crippen LogP contribution in [0.3, 0.4) is 0 Å². The average Bonchev–Trinajstić information content (AvgIpc) is 3.00. The zero-order chi connectivity index (χ0) is 13.2. The quantitative estimate of drug-likeness (QED) is 0.935. The van der Waals surface area contributed by atoms with Gasteiger partial charge >= 0.3 is 0 Å². The fourth-order valence-corrected chi connectivity index (χ4v) is 2.94. The molecular weight excluding hydrogens is 262 g/mol. The topological polar surface area (TPSA) is 53.1 Å². The molecule has 2 N–H and O–H groups in total. The second kappa shape index (κ2) is 5.39. The smallest absolute Gasteiger partial charge is 0.201 e. The Hall–Kier alpha value is -1.26. The zero-order valence-electron chi connectivity index (χ0n) is 10.8. The Morgan fingerprint density at radius 1 is 1.37 bits per heavy atom. The van der Waals surface area contributed by atoms with E-state index in [1.54, 1.807) is 0 Å². The summed E-state index contributed by atoms with van der Waals surface area (Å²) in [6.07, 6.45) is 5.38. The number of nitrogens with two attached hydrogens (primary N) is 1. The number of nitrogen functional groups attached to an aromatic ring is 1. The molecule has 4 nitrogen and oxygen atoms in total. The summed E-state index contributed by atoms with van der Waals surface area (Å²) in [5, 5.41) is 0.639. The van der Waals surface area contributed by atoms with Crippen molar-refractivity contribution in [2.24, 2.45) is 0 Å². The van der Waals surface area contributed by atoms with E-state index < -0.39 is 0 Å². The number of anilines is 1. The number of hydrogen-bond donors (Lipinski definition) is 1. The summed E-state index contributed by atoms with van der Waals surface area (Å²) < 4.78 is 7.84. The van der Waals surface area contributed by atoms with E-state index in [0.717, 1.165) is 17.6 Å². The molecule has 102 valence electrons. The molecule has 0 aliphatic heterocycles. The van der Waals surface area contributed by atoms with Crippen LogP contribution in [0.1, 0.15) is 25.7 Å². The van der Waals surface area contributed by atoms with Crippen LogP contribution in [0.4, 0.5) is 5.95 Å². The van der Waals surface area contributed by atoms with Crippen LogP contribution in [0.15, 0.2) is 18.2 Å². The lowest BCUT2D eigenvalue weighted by Crippen LogP contribution is -2.14. The molecule has 2 aromatic rings. The Bertz CT molecular complexity index is 575. The van der Waals surface area contributed by atoms with E-state index >= 15 is 0 Å². The summed E-state index contributed by atoms with van der Waals surface area (Å²) in [6, 6.07) is 5.73. The molecule has 0 amide bonds. The molecule has 1 saturated carbocycles. The first-order chi connectivity index (χ1) is 9.25. The second-order valence-corrected chi connectivity index (χ2v) is 5.41. The SMILES string of the molecule is Nc1nc2c(Cl)cccc2n1CCOC1CCCC1. The van der Waals surface area contributed by atoms with Crippen molar-refractivity contribution in [3.63, 3.8) is 0 Å². The Labute approximate surface area is 117 Å². The monoisotopic (exact) mass is 279 g/mol. The number of imidazole rings is 1. The third-order valence-corrected chi connectivity index (χ3v) is 4.03. The number of para-hydroxylation sites is 1. The van der Waals surface area contributed by atoms with E-state index in [4.69, 9.17) is 22.1 Å². The minimum atomic E-state index is 0.430. The minimum Gasteiger partial charge on any atom is -0.376 e. The number of fused-ring (bicyclic) bond motifs is 1. The van der Waals surface area contributed by atoms with Gasteiger partial charge < -0.3 is 15.0 Å². The van der Waals surface area contributed by atoms with Gasteiger partial charge in [-0.15, -0.1) is 0 Å². The van der Waals surface area contributed by atoms with E-state index in [2.05, 4.69) is 4.98 Å². The fourth-order valence-electron chi connectivity index (χ4n) is 2.73. The Kier molecular flexibility index (Phi) is 3.62. The Morgan fingerprint density at radius 3 is 2.95 bits per heavy atom. The number of hydrogen-bond acceptors (Lipinski definition) is 3. The summed E-state index contributed by atoms with van der Waals surface area (Å²) in [7, 11) is 0. The van der Waals surface area contributed by atoms with Crippen molar-refractivity contribution < 1.29 is 4.74 Å². The van der Waals surface area contributed by atoms with Gasteiger partial charge in [0.2, 0.25) is 5.95 Å². The number of halogens is 1. The van der Waals surface area contributed by atoms with Crippen molar-refractivity contribution >= 4 is 28.6 Å². The van der Waals surface area contributed by atoms with Gasteiger partial charge in [-0.05, 0) is 25.0 Å². The molecule has 0 spiro atoms. The van der Waals surface area contributed by atoms with Crippen molar-refractivity contribution in [2.75, 3.05) is 12.3 Å². The summed E-state index contributed by atoms with van der Waals surface area (Å²) >= 11 is 6.12. The molecule has 5 heteroatoms. The first-order valence-electron chi connectivity index (χ1n) is 6.77. The van der Waals surface area contributed by atoms with Crippen molar-refractivity contribution in [1.29, 1.82) is 0 Å². The second-order valence-electron chi connectivity index (χ2n) is 5.01. The van der Waals surface area contributed by atoms with Gasteiger partial charge in [-0.3, -0.25) is 0 Å². The normalized spacial score (nSPS) is 16.5. The molecule has 1 heterocycles. The van der Waals surface area contributed by atoms with E-state index in [1.807, 2.05) is 22.8 Å². The highest BCUT2D eigenvalue weighted by molar-refractivity contribution is 6.35. The van der Waals surface area contributed by atoms with E-state index in [9.17, 15) is 0 Å². The van der Waals surface area contributed by atoms with Gasteiger partial charge in [0.1, 0.15) is 5.52 Å². The predicted octanol–water partition coefficient (Wildman–Crippen LogP) is 3.23. The standard InChI is InChI=1S/C14H18ClN3O/c15-11-6-3-7-12-13(11)17-14(16)18(12)8-9-19-10-4-1-2-5-10/h3,6-7,10H,1-2,4-5,8-9H2,(H2,16,17). The summed E-state index contributed by atoms with van der Waals surface area (Å²) in [4.78, 5) is 4.32. The number of nitrogens with zero attached hydrogens (tertiary/aromatic N) is 2. The molecule has 1 fully saturated rings. The van der Waals surface area contributed by atoms with Crippen LogP contribution < -0.4 is 5.73 Å². The molecule has 19 heavy (non-hydrogen) atoms. The molecule has 0 saturated heterocycles. The first kappa shape index (κ1) is 12.8. The number of ether oxygens (including phenoxy) is 1. The van der Waals surface area contributed by atoms with Crippen LogP contribution >= 0.6 is 11.6 Å². The van der Waals surface area contributed by atoms with E-state index in [1.165, 1.54) is 25.7 Å². The third kappa shape index (κ3) is 2.55. The van der Waals surface area contributed by atoms with Crippen LogP contribution in [-0.4, -0.2) is 22.3 Å². The fraction of sp³-hybridized carbons (Fsp3) is 0.500. The Balaban J connectivity index is 1.73. The number of aromatic nitrogens is 2. The maximum absolute atomic E-state index is 6.12. The maximum atomic E-state index is 6.12. The molecule has 0 bridgehead atoms. The molecule has 1 aliphatic carbocycles. The molecule has 0 unspecified atom stereocenters. The van der Waals surface area contributed by atoms with Crippen molar-refractivity contribution in [3.05, 3.63) is 23.2 Å². The van der Waals surface area contributed by atoms with E-state index in [-0.39, 0.29) is 0 Å². The lowest BCUT2D eigenvalue weighted by atomic mass is 10.3. The molecule has 3 rings (SSSR count). The molecule has 1 aliphatic rings. The largest absolute Gasteiger partial charge is 0.376 e. The minimum absolute atomic E-state index is 0.430. The highest BCUT2D eigenvalue weighted by atomic mass is 35.5. The third-order valence-electron chi connectivity index (χ3n) is 3.73. The molecule has 0 atom stereocenters. The van der Waals surface area contributed by atoms with Crippen LogP contribution in [0.5, 0.6) is 0 Å². The van der Waals surface area contributed by atoms with Crippen LogP contribution in [0.25, 0.3) is 11.0 Å². The molecule has 1 aromatic carbocycles. The maximum Gasteiger partial charge on any atom is 0.201 e.